The summed E-state index contributed by atoms with van der Waals surface area (Å²) in [4.78, 5) is 24.3. The third-order valence-electron chi connectivity index (χ3n) is 4.26. The van der Waals surface area contributed by atoms with Crippen LogP contribution in [0.3, 0.4) is 0 Å². The summed E-state index contributed by atoms with van der Waals surface area (Å²) in [6.07, 6.45) is 0. The lowest BCUT2D eigenvalue weighted by atomic mass is 10.0. The number of benzene rings is 2. The van der Waals surface area contributed by atoms with Gasteiger partial charge in [-0.3, -0.25) is 9.59 Å². The van der Waals surface area contributed by atoms with E-state index in [1.165, 1.54) is 12.1 Å². The average Bonchev–Trinajstić information content (AvgIpc) is 2.65. The molecule has 0 spiro atoms. The first-order chi connectivity index (χ1) is 12.9. The molecule has 27 heavy (non-hydrogen) atoms. The maximum atomic E-state index is 13.6. The molecule has 0 unspecified atom stereocenters. The first-order valence-corrected chi connectivity index (χ1v) is 8.60. The molecule has 2 aromatic carbocycles. The van der Waals surface area contributed by atoms with Crippen molar-refractivity contribution in [1.82, 2.24) is 15.1 Å². The Bertz CT molecular complexity index is 1040. The fourth-order valence-corrected chi connectivity index (χ4v) is 2.75. The van der Waals surface area contributed by atoms with E-state index >= 15 is 0 Å². The Morgan fingerprint density at radius 2 is 1.89 bits per heavy atom. The summed E-state index contributed by atoms with van der Waals surface area (Å²) in [5, 5.41) is 6.94. The Hall–Kier alpha value is -3.28. The molecule has 1 heterocycles. The Kier molecular flexibility index (Phi) is 5.45. The van der Waals surface area contributed by atoms with Crippen LogP contribution in [0.5, 0.6) is 0 Å². The summed E-state index contributed by atoms with van der Waals surface area (Å²) in [5.74, 6) is -0.795. The maximum absolute atomic E-state index is 13.6. The maximum Gasteiger partial charge on any atom is 0.267 e. The normalized spacial score (nSPS) is 10.6. The fraction of sp³-hybridized carbons (Fsp3) is 0.190. The van der Waals surface area contributed by atoms with Gasteiger partial charge in [-0.15, -0.1) is 0 Å². The summed E-state index contributed by atoms with van der Waals surface area (Å²) in [6.45, 7) is 3.77. The van der Waals surface area contributed by atoms with Crippen LogP contribution in [0.1, 0.15) is 16.7 Å². The lowest BCUT2D eigenvalue weighted by Crippen LogP contribution is -2.33. The van der Waals surface area contributed by atoms with Crippen LogP contribution < -0.4 is 10.9 Å². The number of nitrogens with one attached hydrogen (secondary N) is 1. The molecule has 0 saturated carbocycles. The molecule has 138 valence electrons. The van der Waals surface area contributed by atoms with Gasteiger partial charge in [0.1, 0.15) is 12.4 Å². The van der Waals surface area contributed by atoms with Crippen molar-refractivity contribution in [3.63, 3.8) is 0 Å². The number of rotatable bonds is 5. The van der Waals surface area contributed by atoms with Crippen molar-refractivity contribution < 1.29 is 9.18 Å². The predicted molar refractivity (Wildman–Crippen MR) is 102 cm³/mol. The lowest BCUT2D eigenvalue weighted by molar-refractivity contribution is -0.122. The monoisotopic (exact) mass is 365 g/mol. The van der Waals surface area contributed by atoms with Crippen LogP contribution in [0.25, 0.3) is 11.3 Å². The highest BCUT2D eigenvalue weighted by atomic mass is 19.1. The zero-order valence-corrected chi connectivity index (χ0v) is 15.2. The second-order valence-corrected chi connectivity index (χ2v) is 6.40. The van der Waals surface area contributed by atoms with E-state index in [1.807, 2.05) is 32.0 Å². The zero-order chi connectivity index (χ0) is 19.4. The van der Waals surface area contributed by atoms with Gasteiger partial charge in [0.2, 0.25) is 5.91 Å². The number of carbonyl (C=O) groups excluding carboxylic acids is 1. The van der Waals surface area contributed by atoms with Crippen molar-refractivity contribution in [1.29, 1.82) is 0 Å². The van der Waals surface area contributed by atoms with E-state index in [4.69, 9.17) is 0 Å². The molecule has 5 nitrogen and oxygen atoms in total. The van der Waals surface area contributed by atoms with Crippen LogP contribution in [0.2, 0.25) is 0 Å². The molecule has 0 aliphatic carbocycles. The van der Waals surface area contributed by atoms with Gasteiger partial charge in [0.25, 0.3) is 5.56 Å². The van der Waals surface area contributed by atoms with Gasteiger partial charge >= 0.3 is 0 Å². The van der Waals surface area contributed by atoms with Crippen LogP contribution in [0, 0.1) is 19.7 Å². The Morgan fingerprint density at radius 1 is 1.11 bits per heavy atom. The van der Waals surface area contributed by atoms with E-state index in [-0.39, 0.29) is 24.5 Å². The van der Waals surface area contributed by atoms with Gasteiger partial charge in [0, 0.05) is 23.7 Å². The van der Waals surface area contributed by atoms with E-state index in [0.717, 1.165) is 21.4 Å². The van der Waals surface area contributed by atoms with Crippen molar-refractivity contribution in [2.24, 2.45) is 0 Å². The first kappa shape index (κ1) is 18.5. The van der Waals surface area contributed by atoms with E-state index in [0.29, 0.717) is 11.3 Å². The minimum absolute atomic E-state index is 0.0525. The third kappa shape index (κ3) is 4.47. The van der Waals surface area contributed by atoms with Crippen LogP contribution >= 0.6 is 0 Å². The van der Waals surface area contributed by atoms with E-state index in [1.54, 1.807) is 24.3 Å². The summed E-state index contributed by atoms with van der Waals surface area (Å²) in [7, 11) is 0. The summed E-state index contributed by atoms with van der Waals surface area (Å²) >= 11 is 0. The Balaban J connectivity index is 1.77. The van der Waals surface area contributed by atoms with Gasteiger partial charge in [-0.25, -0.2) is 9.07 Å². The molecule has 0 atom stereocenters. The standard InChI is InChI=1S/C21H20FN3O2/c1-14-7-8-15(2)17(11-14)19-9-10-21(27)25(24-19)13-20(26)23-12-16-5-3-4-6-18(16)22/h3-11H,12-13H2,1-2H3,(H,23,26). The zero-order valence-electron chi connectivity index (χ0n) is 15.2. The second kappa shape index (κ2) is 7.95. The van der Waals surface area contributed by atoms with Gasteiger partial charge < -0.3 is 5.32 Å². The molecule has 3 aromatic rings. The quantitative estimate of drug-likeness (QED) is 0.756. The molecule has 1 N–H and O–H groups in total. The minimum Gasteiger partial charge on any atom is -0.350 e. The van der Waals surface area contributed by atoms with Crippen LogP contribution in [0.4, 0.5) is 4.39 Å². The molecule has 3 rings (SSSR count). The molecular weight excluding hydrogens is 345 g/mol. The topological polar surface area (TPSA) is 64.0 Å². The average molecular weight is 365 g/mol. The van der Waals surface area contributed by atoms with Gasteiger partial charge in [-0.05, 0) is 37.6 Å². The molecule has 0 bridgehead atoms. The lowest BCUT2D eigenvalue weighted by Gasteiger charge is -2.10. The molecule has 0 aliphatic rings. The number of amides is 1. The number of hydrogen-bond acceptors (Lipinski definition) is 3. The van der Waals surface area contributed by atoms with Gasteiger partial charge in [-0.2, -0.15) is 5.10 Å². The van der Waals surface area contributed by atoms with E-state index < -0.39 is 5.91 Å². The summed E-state index contributed by atoms with van der Waals surface area (Å²) in [6, 6.07) is 15.3. The number of halogens is 1. The summed E-state index contributed by atoms with van der Waals surface area (Å²) < 4.78 is 14.7. The van der Waals surface area contributed by atoms with Gasteiger partial charge in [0.05, 0.1) is 5.69 Å². The molecule has 1 amide bonds. The molecule has 6 heteroatoms. The molecule has 0 fully saturated rings. The molecule has 0 aliphatic heterocycles. The number of carbonyl (C=O) groups is 1. The van der Waals surface area contributed by atoms with E-state index in [9.17, 15) is 14.0 Å². The highest BCUT2D eigenvalue weighted by molar-refractivity contribution is 5.75. The molecule has 0 radical (unpaired) electrons. The van der Waals surface area contributed by atoms with Crippen molar-refractivity contribution in [2.45, 2.75) is 26.9 Å². The summed E-state index contributed by atoms with van der Waals surface area (Å²) in [5.41, 5.74) is 3.66. The van der Waals surface area contributed by atoms with Crippen molar-refractivity contribution in [2.75, 3.05) is 0 Å². The second-order valence-electron chi connectivity index (χ2n) is 6.40. The number of aromatic nitrogens is 2. The minimum atomic E-state index is -0.411. The van der Waals surface area contributed by atoms with Crippen LogP contribution in [-0.4, -0.2) is 15.7 Å². The van der Waals surface area contributed by atoms with Gasteiger partial charge in [0.15, 0.2) is 0 Å². The highest BCUT2D eigenvalue weighted by Crippen LogP contribution is 2.21. The predicted octanol–water partition coefficient (Wildman–Crippen LogP) is 2.98. The van der Waals surface area contributed by atoms with Crippen LogP contribution in [0.15, 0.2) is 59.4 Å². The largest absolute Gasteiger partial charge is 0.350 e. The molecule has 1 aromatic heterocycles. The highest BCUT2D eigenvalue weighted by Gasteiger charge is 2.10. The number of hydrogen-bond donors (Lipinski definition) is 1. The fourth-order valence-electron chi connectivity index (χ4n) is 2.75. The number of aryl methyl sites for hydroxylation is 2. The van der Waals surface area contributed by atoms with Crippen molar-refractivity contribution in [3.8, 4) is 11.3 Å². The van der Waals surface area contributed by atoms with Gasteiger partial charge in [-0.1, -0.05) is 35.9 Å². The SMILES string of the molecule is Cc1ccc(C)c(-c2ccc(=O)n(CC(=O)NCc3ccccc3F)n2)c1. The molecule has 0 saturated heterocycles. The Labute approximate surface area is 156 Å². The van der Waals surface area contributed by atoms with Crippen molar-refractivity contribution >= 4 is 5.91 Å². The molecular formula is C21H20FN3O2. The van der Waals surface area contributed by atoms with Crippen LogP contribution in [-0.2, 0) is 17.9 Å². The smallest absolute Gasteiger partial charge is 0.267 e. The Morgan fingerprint density at radius 3 is 2.67 bits per heavy atom. The first-order valence-electron chi connectivity index (χ1n) is 8.60. The number of nitrogens with zero attached hydrogens (tertiary/aromatic N) is 2. The third-order valence-corrected chi connectivity index (χ3v) is 4.26. The van der Waals surface area contributed by atoms with Crippen molar-refractivity contribution in [3.05, 3.63) is 87.5 Å². The van der Waals surface area contributed by atoms with E-state index in [2.05, 4.69) is 10.4 Å².